The van der Waals surface area contributed by atoms with Crippen LogP contribution in [-0.2, 0) is 9.53 Å². The number of carbonyl (C=O) groups excluding carboxylic acids is 1. The van der Waals surface area contributed by atoms with Gasteiger partial charge in [0, 0.05) is 0 Å². The van der Waals surface area contributed by atoms with Gasteiger partial charge >= 0.3 is 12.1 Å². The number of ether oxygens (including phenoxy) is 1. The molecule has 0 spiro atoms. The molecule has 62 valence electrons. The van der Waals surface area contributed by atoms with Crippen LogP contribution in [0.5, 0.6) is 0 Å². The van der Waals surface area contributed by atoms with E-state index in [1.54, 1.807) is 0 Å². The van der Waals surface area contributed by atoms with Crippen LogP contribution in [-0.4, -0.2) is 29.1 Å². The Bertz CT molecular complexity index is 186. The number of esters is 1. The first-order valence-corrected chi connectivity index (χ1v) is 2.35. The first kappa shape index (κ1) is 9.27. The van der Waals surface area contributed by atoms with Gasteiger partial charge in [0.25, 0.3) is 0 Å². The van der Waals surface area contributed by atoms with Gasteiger partial charge in [0.05, 0.1) is 7.11 Å². The summed E-state index contributed by atoms with van der Waals surface area (Å²) in [6, 6.07) is 0. The summed E-state index contributed by atoms with van der Waals surface area (Å²) < 4.78 is 3.81. The second-order valence-electron chi connectivity index (χ2n) is 1.47. The van der Waals surface area contributed by atoms with Crippen LogP contribution >= 0.6 is 0 Å². The largest absolute Gasteiger partial charge is 0.545 e. The molecule has 0 amide bonds. The molecule has 0 aromatic heterocycles. The van der Waals surface area contributed by atoms with E-state index in [2.05, 4.69) is 4.74 Å². The third-order valence-corrected chi connectivity index (χ3v) is 0.811. The summed E-state index contributed by atoms with van der Waals surface area (Å²) in [7, 11) is 0.836. The number of carbonyl (C=O) groups is 1. The lowest BCUT2D eigenvalue weighted by Crippen LogP contribution is -2.37. The first-order valence-electron chi connectivity index (χ1n) is 2.35. The number of methoxy groups -OCH3 is 1. The minimum Gasteiger partial charge on any atom is -0.458 e. The van der Waals surface area contributed by atoms with E-state index in [-0.39, 0.29) is 0 Å². The average molecular weight is 164 g/mol. The molecular weight excluding hydrogens is 160 g/mol. The Labute approximate surface area is 60.1 Å². The van der Waals surface area contributed by atoms with Crippen molar-refractivity contribution in [2.24, 2.45) is 0 Å². The third kappa shape index (κ3) is 2.16. The Morgan fingerprint density at radius 2 is 1.73 bits per heavy atom. The van der Waals surface area contributed by atoms with Crippen molar-refractivity contribution in [1.82, 2.24) is 0 Å². The van der Waals surface area contributed by atoms with Gasteiger partial charge in [0.1, 0.15) is 9.85 Å². The summed E-state index contributed by atoms with van der Waals surface area (Å²) in [4.78, 5) is 27.2. The SMILES string of the molecule is COC(=O)C([N+](=O)[O-])[N+](=O)[O-]. The fraction of sp³-hybridized carbons (Fsp3) is 0.667. The molecule has 0 saturated carbocycles. The molecule has 0 bridgehead atoms. The van der Waals surface area contributed by atoms with Crippen molar-refractivity contribution in [2.75, 3.05) is 7.11 Å². The number of nitrogens with zero attached hydrogens (tertiary/aromatic N) is 2. The number of nitro groups is 2. The van der Waals surface area contributed by atoms with E-state index in [9.17, 15) is 25.0 Å². The Balaban J connectivity index is 4.47. The molecule has 0 rings (SSSR count). The molecule has 0 aliphatic rings. The molecule has 0 N–H and O–H groups in total. The Kier molecular flexibility index (Phi) is 2.90. The molecule has 0 heterocycles. The van der Waals surface area contributed by atoms with Crippen molar-refractivity contribution in [1.29, 1.82) is 0 Å². The molecule has 0 fully saturated rings. The van der Waals surface area contributed by atoms with Gasteiger partial charge in [-0.1, -0.05) is 0 Å². The van der Waals surface area contributed by atoms with Gasteiger partial charge in [-0.05, 0) is 0 Å². The zero-order chi connectivity index (χ0) is 9.02. The predicted octanol–water partition coefficient (Wildman–Crippen LogP) is -0.961. The van der Waals surface area contributed by atoms with Gasteiger partial charge in [-0.15, -0.1) is 0 Å². The Morgan fingerprint density at radius 3 is 1.82 bits per heavy atom. The van der Waals surface area contributed by atoms with E-state index < -0.39 is 22.0 Å². The van der Waals surface area contributed by atoms with Crippen molar-refractivity contribution in [3.8, 4) is 0 Å². The number of hydrogen-bond acceptors (Lipinski definition) is 6. The highest BCUT2D eigenvalue weighted by molar-refractivity contribution is 5.72. The fourth-order valence-electron chi connectivity index (χ4n) is 0.355. The molecule has 8 heteroatoms. The summed E-state index contributed by atoms with van der Waals surface area (Å²) >= 11 is 0. The van der Waals surface area contributed by atoms with E-state index in [4.69, 9.17) is 0 Å². The maximum Gasteiger partial charge on any atom is 0.545 e. The maximum atomic E-state index is 10.3. The summed E-state index contributed by atoms with van der Waals surface area (Å²) in [6.07, 6.45) is -2.51. The average Bonchev–Trinajstić information content (AvgIpc) is 1.85. The second kappa shape index (κ2) is 3.44. The fourth-order valence-corrected chi connectivity index (χ4v) is 0.355. The van der Waals surface area contributed by atoms with Crippen molar-refractivity contribution >= 4 is 5.97 Å². The molecular formula is C3H4N2O6. The van der Waals surface area contributed by atoms with Crippen LogP contribution in [0.15, 0.2) is 0 Å². The van der Waals surface area contributed by atoms with Crippen molar-refractivity contribution in [2.45, 2.75) is 6.17 Å². The van der Waals surface area contributed by atoms with Gasteiger partial charge in [-0.25, -0.2) is 4.79 Å². The summed E-state index contributed by atoms with van der Waals surface area (Å²) in [6.45, 7) is 0. The highest BCUT2D eigenvalue weighted by Crippen LogP contribution is 1.93. The van der Waals surface area contributed by atoms with E-state index in [1.165, 1.54) is 0 Å². The Hall–Kier alpha value is -1.73. The van der Waals surface area contributed by atoms with Crippen molar-refractivity contribution in [3.05, 3.63) is 20.2 Å². The normalized spacial score (nSPS) is 9.27. The van der Waals surface area contributed by atoms with E-state index in [1.807, 2.05) is 0 Å². The molecule has 0 unspecified atom stereocenters. The lowest BCUT2D eigenvalue weighted by atomic mass is 10.5. The number of hydrogen-bond donors (Lipinski definition) is 0. The molecule has 0 aromatic carbocycles. The van der Waals surface area contributed by atoms with E-state index in [0.717, 1.165) is 7.11 Å². The van der Waals surface area contributed by atoms with Crippen LogP contribution in [0, 0.1) is 20.2 Å². The van der Waals surface area contributed by atoms with Crippen LogP contribution in [0.1, 0.15) is 0 Å². The minimum atomic E-state index is -2.51. The van der Waals surface area contributed by atoms with Crippen LogP contribution in [0.3, 0.4) is 0 Å². The zero-order valence-corrected chi connectivity index (χ0v) is 5.42. The molecule has 0 aliphatic carbocycles. The van der Waals surface area contributed by atoms with Crippen LogP contribution in [0.4, 0.5) is 0 Å². The molecule has 0 radical (unpaired) electrons. The van der Waals surface area contributed by atoms with Gasteiger partial charge in [-0.3, -0.25) is 20.2 Å². The Morgan fingerprint density at radius 1 is 1.36 bits per heavy atom. The highest BCUT2D eigenvalue weighted by atomic mass is 16.7. The lowest BCUT2D eigenvalue weighted by molar-refractivity contribution is -0.725. The predicted molar refractivity (Wildman–Crippen MR) is 29.8 cm³/mol. The molecule has 11 heavy (non-hydrogen) atoms. The van der Waals surface area contributed by atoms with E-state index in [0.29, 0.717) is 0 Å². The maximum absolute atomic E-state index is 10.3. The monoisotopic (exact) mass is 164 g/mol. The van der Waals surface area contributed by atoms with Crippen LogP contribution < -0.4 is 0 Å². The van der Waals surface area contributed by atoms with Gasteiger partial charge in [0.15, 0.2) is 0 Å². The van der Waals surface area contributed by atoms with Gasteiger partial charge < -0.3 is 4.74 Å². The summed E-state index contributed by atoms with van der Waals surface area (Å²) in [5.41, 5.74) is 0. The van der Waals surface area contributed by atoms with Gasteiger partial charge in [-0.2, -0.15) is 0 Å². The molecule has 0 saturated heterocycles. The minimum absolute atomic E-state index is 0.836. The van der Waals surface area contributed by atoms with Crippen molar-refractivity contribution in [3.63, 3.8) is 0 Å². The summed E-state index contributed by atoms with van der Waals surface area (Å²) in [5.74, 6) is -1.49. The molecule has 0 aliphatic heterocycles. The summed E-state index contributed by atoms with van der Waals surface area (Å²) in [5, 5.41) is 19.6. The van der Waals surface area contributed by atoms with E-state index >= 15 is 0 Å². The highest BCUT2D eigenvalue weighted by Gasteiger charge is 2.42. The zero-order valence-electron chi connectivity index (χ0n) is 5.42. The first-order chi connectivity index (χ1) is 5.00. The third-order valence-electron chi connectivity index (χ3n) is 0.811. The van der Waals surface area contributed by atoms with Crippen LogP contribution in [0.2, 0.25) is 0 Å². The van der Waals surface area contributed by atoms with Crippen molar-refractivity contribution < 1.29 is 19.4 Å². The smallest absolute Gasteiger partial charge is 0.458 e. The van der Waals surface area contributed by atoms with Crippen LogP contribution in [0.25, 0.3) is 0 Å². The topological polar surface area (TPSA) is 113 Å². The second-order valence-corrected chi connectivity index (χ2v) is 1.47. The number of rotatable bonds is 3. The quantitative estimate of drug-likeness (QED) is 0.229. The molecule has 0 atom stereocenters. The lowest BCUT2D eigenvalue weighted by Gasteiger charge is -1.97. The molecule has 8 nitrogen and oxygen atoms in total. The van der Waals surface area contributed by atoms with Gasteiger partial charge in [0.2, 0.25) is 0 Å². The molecule has 0 aromatic rings. The standard InChI is InChI=1S/C3H4N2O6/c1-11-3(6)2(4(7)8)5(9)10/h2H,1H3.